The lowest BCUT2D eigenvalue weighted by Crippen LogP contribution is -2.08. The van der Waals surface area contributed by atoms with E-state index in [4.69, 9.17) is 11.6 Å². The van der Waals surface area contributed by atoms with Crippen molar-refractivity contribution in [1.82, 2.24) is 14.8 Å². The number of benzene rings is 2. The Morgan fingerprint density at radius 3 is 2.68 bits per heavy atom. The Balaban J connectivity index is 1.65. The highest BCUT2D eigenvalue weighted by molar-refractivity contribution is 7.98. The standard InChI is InChI=1S/C20H19ClN4O2S/c21-18-11-4-3-10-17(18)19-22-23-20(24(19)15-7-1-2-8-15)28-13-14-6-5-9-16(12-14)25(26)27/h3-6,9-12,15H,1-2,7-8,13H2. The molecule has 1 saturated carbocycles. The number of aromatic nitrogens is 3. The fraction of sp³-hybridized carbons (Fsp3) is 0.300. The number of halogens is 1. The van der Waals surface area contributed by atoms with Crippen molar-refractivity contribution in [2.75, 3.05) is 0 Å². The Labute approximate surface area is 172 Å². The van der Waals surface area contributed by atoms with Gasteiger partial charge in [-0.1, -0.05) is 60.5 Å². The Morgan fingerprint density at radius 1 is 1.14 bits per heavy atom. The minimum atomic E-state index is -0.370. The van der Waals surface area contributed by atoms with Gasteiger partial charge in [-0.05, 0) is 30.5 Å². The molecule has 0 saturated heterocycles. The van der Waals surface area contributed by atoms with Gasteiger partial charge in [0.25, 0.3) is 5.69 Å². The van der Waals surface area contributed by atoms with Gasteiger partial charge in [0.15, 0.2) is 11.0 Å². The highest BCUT2D eigenvalue weighted by atomic mass is 35.5. The van der Waals surface area contributed by atoms with Crippen molar-refractivity contribution in [3.8, 4) is 11.4 Å². The molecule has 1 aromatic heterocycles. The molecule has 1 aliphatic carbocycles. The van der Waals surface area contributed by atoms with Crippen LogP contribution in [0.25, 0.3) is 11.4 Å². The van der Waals surface area contributed by atoms with Gasteiger partial charge in [-0.15, -0.1) is 10.2 Å². The number of non-ortho nitro benzene ring substituents is 1. The van der Waals surface area contributed by atoms with E-state index in [0.29, 0.717) is 16.8 Å². The summed E-state index contributed by atoms with van der Waals surface area (Å²) in [5, 5.41) is 21.4. The van der Waals surface area contributed by atoms with Gasteiger partial charge < -0.3 is 0 Å². The van der Waals surface area contributed by atoms with Gasteiger partial charge >= 0.3 is 0 Å². The van der Waals surface area contributed by atoms with Crippen molar-refractivity contribution in [2.45, 2.75) is 42.6 Å². The largest absolute Gasteiger partial charge is 0.299 e. The lowest BCUT2D eigenvalue weighted by atomic mass is 10.2. The van der Waals surface area contributed by atoms with E-state index in [0.717, 1.165) is 34.9 Å². The third kappa shape index (κ3) is 3.91. The number of nitro benzene ring substituents is 1. The summed E-state index contributed by atoms with van der Waals surface area (Å²) in [4.78, 5) is 10.6. The van der Waals surface area contributed by atoms with Crippen LogP contribution in [0.3, 0.4) is 0 Å². The molecule has 0 aliphatic heterocycles. The summed E-state index contributed by atoms with van der Waals surface area (Å²) in [6.07, 6.45) is 4.58. The predicted octanol–water partition coefficient (Wildman–Crippen LogP) is 5.91. The number of nitrogens with zero attached hydrogens (tertiary/aromatic N) is 4. The van der Waals surface area contributed by atoms with Crippen LogP contribution in [0.4, 0.5) is 5.69 Å². The Morgan fingerprint density at radius 2 is 1.93 bits per heavy atom. The zero-order valence-corrected chi connectivity index (χ0v) is 16.7. The SMILES string of the molecule is O=[N+]([O-])c1cccc(CSc2nnc(-c3ccccc3Cl)n2C2CCCC2)c1. The van der Waals surface area contributed by atoms with Crippen molar-refractivity contribution < 1.29 is 4.92 Å². The first kappa shape index (κ1) is 19.0. The van der Waals surface area contributed by atoms with Crippen LogP contribution < -0.4 is 0 Å². The molecule has 0 bridgehead atoms. The van der Waals surface area contributed by atoms with E-state index in [1.165, 1.54) is 18.9 Å². The number of hydrogen-bond acceptors (Lipinski definition) is 5. The van der Waals surface area contributed by atoms with Crippen molar-refractivity contribution in [1.29, 1.82) is 0 Å². The van der Waals surface area contributed by atoms with Gasteiger partial charge in [-0.2, -0.15) is 0 Å². The van der Waals surface area contributed by atoms with E-state index < -0.39 is 0 Å². The van der Waals surface area contributed by atoms with E-state index >= 15 is 0 Å². The molecular formula is C20H19ClN4O2S. The molecule has 0 unspecified atom stereocenters. The number of nitro groups is 1. The minimum Gasteiger partial charge on any atom is -0.299 e. The molecule has 0 atom stereocenters. The van der Waals surface area contributed by atoms with Crippen LogP contribution >= 0.6 is 23.4 Å². The fourth-order valence-electron chi connectivity index (χ4n) is 3.60. The second-order valence-electron chi connectivity index (χ2n) is 6.81. The van der Waals surface area contributed by atoms with Gasteiger partial charge in [0.1, 0.15) is 0 Å². The molecule has 8 heteroatoms. The molecule has 144 valence electrons. The van der Waals surface area contributed by atoms with Crippen LogP contribution in [0.15, 0.2) is 53.7 Å². The molecule has 3 aromatic rings. The highest BCUT2D eigenvalue weighted by Crippen LogP contribution is 2.38. The fourth-order valence-corrected chi connectivity index (χ4v) is 4.77. The Kier molecular flexibility index (Phi) is 5.64. The summed E-state index contributed by atoms with van der Waals surface area (Å²) < 4.78 is 2.20. The van der Waals surface area contributed by atoms with Crippen molar-refractivity contribution >= 4 is 29.1 Å². The summed E-state index contributed by atoms with van der Waals surface area (Å²) in [5.41, 5.74) is 1.87. The second kappa shape index (κ2) is 8.32. The summed E-state index contributed by atoms with van der Waals surface area (Å²) >= 11 is 7.97. The third-order valence-electron chi connectivity index (χ3n) is 4.96. The van der Waals surface area contributed by atoms with Gasteiger partial charge in [0.05, 0.1) is 9.95 Å². The second-order valence-corrected chi connectivity index (χ2v) is 8.16. The first-order chi connectivity index (χ1) is 13.6. The smallest absolute Gasteiger partial charge is 0.269 e. The Bertz CT molecular complexity index is 1000. The van der Waals surface area contributed by atoms with Crippen LogP contribution in [0, 0.1) is 10.1 Å². The lowest BCUT2D eigenvalue weighted by Gasteiger charge is -2.17. The molecule has 1 fully saturated rings. The summed E-state index contributed by atoms with van der Waals surface area (Å²) in [6.45, 7) is 0. The van der Waals surface area contributed by atoms with Crippen molar-refractivity contribution in [3.05, 3.63) is 69.2 Å². The third-order valence-corrected chi connectivity index (χ3v) is 6.30. The lowest BCUT2D eigenvalue weighted by molar-refractivity contribution is -0.384. The monoisotopic (exact) mass is 414 g/mol. The topological polar surface area (TPSA) is 73.8 Å². The van der Waals surface area contributed by atoms with E-state index in [1.807, 2.05) is 30.3 Å². The highest BCUT2D eigenvalue weighted by Gasteiger charge is 2.25. The van der Waals surface area contributed by atoms with Gasteiger partial charge in [0.2, 0.25) is 0 Å². The Hall–Kier alpha value is -2.38. The molecule has 0 radical (unpaired) electrons. The first-order valence-corrected chi connectivity index (χ1v) is 10.6. The summed E-state index contributed by atoms with van der Waals surface area (Å²) in [7, 11) is 0. The molecule has 1 aliphatic rings. The van der Waals surface area contributed by atoms with Crippen LogP contribution in [0.5, 0.6) is 0 Å². The molecule has 0 N–H and O–H groups in total. The molecule has 0 amide bonds. The van der Waals surface area contributed by atoms with E-state index in [1.54, 1.807) is 23.9 Å². The normalized spacial score (nSPS) is 14.5. The molecule has 4 rings (SSSR count). The molecule has 28 heavy (non-hydrogen) atoms. The number of thioether (sulfide) groups is 1. The maximum absolute atomic E-state index is 11.0. The van der Waals surface area contributed by atoms with Gasteiger partial charge in [-0.25, -0.2) is 0 Å². The molecule has 0 spiro atoms. The summed E-state index contributed by atoms with van der Waals surface area (Å²) in [6, 6.07) is 14.8. The molecular weight excluding hydrogens is 396 g/mol. The van der Waals surface area contributed by atoms with Crippen molar-refractivity contribution in [2.24, 2.45) is 0 Å². The van der Waals surface area contributed by atoms with Crippen LogP contribution in [-0.4, -0.2) is 19.7 Å². The van der Waals surface area contributed by atoms with E-state index in [9.17, 15) is 10.1 Å². The van der Waals surface area contributed by atoms with E-state index in [2.05, 4.69) is 14.8 Å². The van der Waals surface area contributed by atoms with Crippen LogP contribution in [0.1, 0.15) is 37.3 Å². The van der Waals surface area contributed by atoms with Gasteiger partial charge in [-0.3, -0.25) is 14.7 Å². The predicted molar refractivity (Wildman–Crippen MR) is 111 cm³/mol. The van der Waals surface area contributed by atoms with Crippen LogP contribution in [-0.2, 0) is 5.75 Å². The zero-order valence-electron chi connectivity index (χ0n) is 15.1. The number of rotatable bonds is 6. The molecule has 1 heterocycles. The van der Waals surface area contributed by atoms with E-state index in [-0.39, 0.29) is 10.6 Å². The zero-order chi connectivity index (χ0) is 19.5. The summed E-state index contributed by atoms with van der Waals surface area (Å²) in [5.74, 6) is 1.38. The van der Waals surface area contributed by atoms with Gasteiger partial charge in [0, 0.05) is 29.5 Å². The quantitative estimate of drug-likeness (QED) is 0.284. The maximum atomic E-state index is 11.0. The number of hydrogen-bond donors (Lipinski definition) is 0. The molecule has 2 aromatic carbocycles. The first-order valence-electron chi connectivity index (χ1n) is 9.19. The average molecular weight is 415 g/mol. The average Bonchev–Trinajstić information content (AvgIpc) is 3.36. The van der Waals surface area contributed by atoms with Crippen LogP contribution in [0.2, 0.25) is 5.02 Å². The molecule has 6 nitrogen and oxygen atoms in total. The minimum absolute atomic E-state index is 0.104. The maximum Gasteiger partial charge on any atom is 0.269 e. The van der Waals surface area contributed by atoms with Crippen molar-refractivity contribution in [3.63, 3.8) is 0 Å².